The Bertz CT molecular complexity index is 972. The summed E-state index contributed by atoms with van der Waals surface area (Å²) in [5, 5.41) is 0. The second kappa shape index (κ2) is 12.9. The number of esters is 2. The van der Waals surface area contributed by atoms with Gasteiger partial charge in [-0.25, -0.2) is 4.98 Å². The number of fused-ring (bicyclic) bond motifs is 1. The quantitative estimate of drug-likeness (QED) is 0.278. The van der Waals surface area contributed by atoms with Gasteiger partial charge in [-0.15, -0.1) is 0 Å². The van der Waals surface area contributed by atoms with Crippen molar-refractivity contribution in [1.82, 2.24) is 19.5 Å². The molecule has 2 aromatic rings. The molecule has 11 heteroatoms. The first kappa shape index (κ1) is 26.3. The van der Waals surface area contributed by atoms with Crippen LogP contribution in [0.1, 0.15) is 59.3 Å². The molecule has 0 aliphatic heterocycles. The second-order valence-electron chi connectivity index (χ2n) is 8.39. The van der Waals surface area contributed by atoms with Crippen molar-refractivity contribution in [1.29, 1.82) is 0 Å². The predicted octanol–water partition coefficient (Wildman–Crippen LogP) is 1.75. The van der Waals surface area contributed by atoms with E-state index in [4.69, 9.17) is 20.9 Å². The zero-order valence-corrected chi connectivity index (χ0v) is 19.7. The van der Waals surface area contributed by atoms with Gasteiger partial charge < -0.3 is 25.5 Å². The molecule has 0 amide bonds. The van der Waals surface area contributed by atoms with Crippen LogP contribution in [0.15, 0.2) is 11.1 Å². The van der Waals surface area contributed by atoms with Crippen molar-refractivity contribution < 1.29 is 19.1 Å². The lowest BCUT2D eigenvalue weighted by Gasteiger charge is -2.20. The molecule has 0 aliphatic carbocycles. The van der Waals surface area contributed by atoms with E-state index >= 15 is 0 Å². The van der Waals surface area contributed by atoms with E-state index in [9.17, 15) is 14.4 Å². The first-order chi connectivity index (χ1) is 15.8. The fourth-order valence-corrected chi connectivity index (χ4v) is 3.32. The van der Waals surface area contributed by atoms with Gasteiger partial charge in [0.15, 0.2) is 11.2 Å². The van der Waals surface area contributed by atoms with Gasteiger partial charge in [0.1, 0.15) is 6.04 Å². The van der Waals surface area contributed by atoms with E-state index in [1.54, 1.807) is 4.57 Å². The van der Waals surface area contributed by atoms with Crippen molar-refractivity contribution in [2.45, 2.75) is 71.9 Å². The minimum absolute atomic E-state index is 0.0129. The van der Waals surface area contributed by atoms with Crippen LogP contribution in [0.25, 0.3) is 11.2 Å². The number of aromatic amines is 1. The molecule has 0 saturated carbocycles. The maximum absolute atomic E-state index is 12.2. The molecule has 33 heavy (non-hydrogen) atoms. The van der Waals surface area contributed by atoms with Crippen LogP contribution in [0, 0.1) is 11.8 Å². The molecule has 11 nitrogen and oxygen atoms in total. The fraction of sp³-hybridized carbons (Fsp3) is 0.682. The number of imidazole rings is 1. The van der Waals surface area contributed by atoms with Gasteiger partial charge in [0.25, 0.3) is 5.56 Å². The Morgan fingerprint density at radius 2 is 2.00 bits per heavy atom. The smallest absolute Gasteiger partial charge is 0.323 e. The molecule has 0 spiro atoms. The summed E-state index contributed by atoms with van der Waals surface area (Å²) >= 11 is 0. The number of nitrogens with one attached hydrogen (secondary N) is 1. The zero-order valence-electron chi connectivity index (χ0n) is 19.7. The predicted molar refractivity (Wildman–Crippen MR) is 124 cm³/mol. The molecular formula is C22H36N6O5. The zero-order chi connectivity index (χ0) is 24.4. The lowest BCUT2D eigenvalue weighted by Crippen LogP contribution is -2.38. The van der Waals surface area contributed by atoms with Gasteiger partial charge in [-0.1, -0.05) is 40.0 Å². The SMILES string of the molecule is CCCCCC(=O)OCC(CCOC(=O)[C@@H](N)[C@@H](C)CC)Cn1cnc2c(=O)[nH]c(N)nc21. The summed E-state index contributed by atoms with van der Waals surface area (Å²) < 4.78 is 12.5. The van der Waals surface area contributed by atoms with Crippen molar-refractivity contribution >= 4 is 29.1 Å². The lowest BCUT2D eigenvalue weighted by molar-refractivity contribution is -0.149. The van der Waals surface area contributed by atoms with E-state index in [1.807, 2.05) is 13.8 Å². The van der Waals surface area contributed by atoms with Crippen LogP contribution in [0.2, 0.25) is 0 Å². The minimum Gasteiger partial charge on any atom is -0.465 e. The summed E-state index contributed by atoms with van der Waals surface area (Å²) in [5.41, 5.74) is 11.7. The molecule has 0 saturated heterocycles. The van der Waals surface area contributed by atoms with Crippen LogP contribution in [0.3, 0.4) is 0 Å². The number of nitrogens with two attached hydrogens (primary N) is 2. The van der Waals surface area contributed by atoms with Crippen LogP contribution in [0.5, 0.6) is 0 Å². The standard InChI is InChI=1S/C22H36N6O5/c1-4-6-7-8-16(29)33-12-15(9-10-32-21(31)17(23)14(3)5-2)11-28-13-25-18-19(28)26-22(24)27-20(18)30/h13-15,17H,4-12,23H2,1-3H3,(H3,24,26,27,30)/t14-,15?,17-/m0/s1. The maximum Gasteiger partial charge on any atom is 0.323 e. The largest absolute Gasteiger partial charge is 0.465 e. The third-order valence-corrected chi connectivity index (χ3v) is 5.71. The highest BCUT2D eigenvalue weighted by atomic mass is 16.5. The third kappa shape index (κ3) is 7.85. The Morgan fingerprint density at radius 3 is 2.70 bits per heavy atom. The molecule has 3 atom stereocenters. The van der Waals surface area contributed by atoms with Crippen molar-refractivity contribution in [2.75, 3.05) is 18.9 Å². The average molecular weight is 465 g/mol. The van der Waals surface area contributed by atoms with E-state index in [0.29, 0.717) is 25.0 Å². The van der Waals surface area contributed by atoms with E-state index < -0.39 is 17.6 Å². The number of nitrogens with zero attached hydrogens (tertiary/aromatic N) is 3. The summed E-state index contributed by atoms with van der Waals surface area (Å²) in [7, 11) is 0. The van der Waals surface area contributed by atoms with Gasteiger partial charge in [0, 0.05) is 18.9 Å². The molecule has 2 aromatic heterocycles. The molecular weight excluding hydrogens is 428 g/mol. The molecule has 184 valence electrons. The topological polar surface area (TPSA) is 168 Å². The molecule has 5 N–H and O–H groups in total. The third-order valence-electron chi connectivity index (χ3n) is 5.71. The summed E-state index contributed by atoms with van der Waals surface area (Å²) in [6.45, 7) is 6.55. The molecule has 2 heterocycles. The number of hydrogen-bond donors (Lipinski definition) is 3. The summed E-state index contributed by atoms with van der Waals surface area (Å²) in [5.74, 6) is -0.912. The minimum atomic E-state index is -0.679. The Balaban J connectivity index is 2.05. The molecule has 0 radical (unpaired) electrons. The molecule has 0 aliphatic rings. The van der Waals surface area contributed by atoms with Crippen LogP contribution in [0.4, 0.5) is 5.95 Å². The highest BCUT2D eigenvalue weighted by Crippen LogP contribution is 2.15. The van der Waals surface area contributed by atoms with Crippen molar-refractivity contribution in [3.05, 3.63) is 16.7 Å². The van der Waals surface area contributed by atoms with E-state index in [-0.39, 0.29) is 42.5 Å². The number of rotatable bonds is 14. The van der Waals surface area contributed by atoms with Crippen LogP contribution in [-0.2, 0) is 25.6 Å². The van der Waals surface area contributed by atoms with E-state index in [0.717, 1.165) is 25.7 Å². The molecule has 0 aromatic carbocycles. The molecule has 0 fully saturated rings. The number of aromatic nitrogens is 4. The highest BCUT2D eigenvalue weighted by Gasteiger charge is 2.22. The van der Waals surface area contributed by atoms with Gasteiger partial charge in [-0.2, -0.15) is 4.98 Å². The van der Waals surface area contributed by atoms with Gasteiger partial charge >= 0.3 is 11.9 Å². The fourth-order valence-electron chi connectivity index (χ4n) is 3.32. The van der Waals surface area contributed by atoms with Gasteiger partial charge in [-0.3, -0.25) is 19.4 Å². The summed E-state index contributed by atoms with van der Waals surface area (Å²) in [6.07, 6.45) is 5.82. The number of H-pyrrole nitrogens is 1. The molecule has 2 rings (SSSR count). The van der Waals surface area contributed by atoms with E-state index in [2.05, 4.69) is 21.9 Å². The summed E-state index contributed by atoms with van der Waals surface area (Å²) in [4.78, 5) is 47.0. The van der Waals surface area contributed by atoms with Crippen LogP contribution < -0.4 is 17.0 Å². The number of nitrogen functional groups attached to an aromatic ring is 1. The second-order valence-corrected chi connectivity index (χ2v) is 8.39. The van der Waals surface area contributed by atoms with Gasteiger partial charge in [0.05, 0.1) is 19.5 Å². The first-order valence-electron chi connectivity index (χ1n) is 11.5. The Hall–Kier alpha value is -2.95. The monoisotopic (exact) mass is 464 g/mol. The van der Waals surface area contributed by atoms with Crippen molar-refractivity contribution in [3.8, 4) is 0 Å². The maximum atomic E-state index is 12.2. The number of unbranched alkanes of at least 4 members (excludes halogenated alkanes) is 2. The van der Waals surface area contributed by atoms with Crippen LogP contribution >= 0.6 is 0 Å². The Kier molecular flexibility index (Phi) is 10.3. The number of carbonyl (C=O) groups is 2. The molecule has 0 bridgehead atoms. The van der Waals surface area contributed by atoms with Crippen molar-refractivity contribution in [3.63, 3.8) is 0 Å². The summed E-state index contributed by atoms with van der Waals surface area (Å²) in [6, 6.07) is -0.679. The molecule has 1 unspecified atom stereocenters. The Morgan fingerprint density at radius 1 is 1.24 bits per heavy atom. The average Bonchev–Trinajstić information content (AvgIpc) is 3.18. The van der Waals surface area contributed by atoms with Gasteiger partial charge in [0.2, 0.25) is 5.95 Å². The number of ether oxygens (including phenoxy) is 2. The number of hydrogen-bond acceptors (Lipinski definition) is 9. The van der Waals surface area contributed by atoms with Crippen molar-refractivity contribution in [2.24, 2.45) is 17.6 Å². The van der Waals surface area contributed by atoms with Gasteiger partial charge in [-0.05, 0) is 18.8 Å². The number of carbonyl (C=O) groups excluding carboxylic acids is 2. The highest BCUT2D eigenvalue weighted by molar-refractivity contribution is 5.75. The van der Waals surface area contributed by atoms with E-state index in [1.165, 1.54) is 6.33 Å². The Labute approximate surface area is 193 Å². The lowest BCUT2D eigenvalue weighted by atomic mass is 10.0. The normalized spacial score (nSPS) is 14.1. The number of anilines is 1. The first-order valence-corrected chi connectivity index (χ1v) is 11.5. The van der Waals surface area contributed by atoms with Crippen LogP contribution in [-0.4, -0.2) is 50.7 Å².